The number of imide groups is 1. The second-order valence-electron chi connectivity index (χ2n) is 4.39. The molecular formula is C14H16N4O5. The third kappa shape index (κ3) is 5.98. The predicted molar refractivity (Wildman–Crippen MR) is 81.2 cm³/mol. The second-order valence-corrected chi connectivity index (χ2v) is 4.39. The van der Waals surface area contributed by atoms with Crippen LogP contribution in [-0.2, 0) is 9.59 Å². The lowest BCUT2D eigenvalue weighted by Crippen LogP contribution is -2.24. The number of pyridine rings is 1. The normalized spacial score (nSPS) is 13.0. The van der Waals surface area contributed by atoms with Gasteiger partial charge in [-0.15, -0.1) is 0 Å². The van der Waals surface area contributed by atoms with E-state index in [1.54, 1.807) is 6.20 Å². The fourth-order valence-corrected chi connectivity index (χ4v) is 1.66. The Hall–Kier alpha value is -3.20. The Morgan fingerprint density at radius 1 is 1.17 bits per heavy atom. The molecular weight excluding hydrogens is 304 g/mol. The maximum absolute atomic E-state index is 10.2. The minimum atomic E-state index is -1.33. The number of amides is 3. The summed E-state index contributed by atoms with van der Waals surface area (Å²) in [6.07, 6.45) is 0.739. The molecule has 2 heterocycles. The zero-order valence-electron chi connectivity index (χ0n) is 12.0. The Morgan fingerprint density at radius 2 is 1.74 bits per heavy atom. The average Bonchev–Trinajstić information content (AvgIpc) is 2.78. The molecule has 1 aromatic heterocycles. The third-order valence-electron chi connectivity index (χ3n) is 2.65. The van der Waals surface area contributed by atoms with E-state index in [9.17, 15) is 9.59 Å². The first-order valence-corrected chi connectivity index (χ1v) is 6.44. The molecule has 0 radical (unpaired) electrons. The second kappa shape index (κ2) is 8.29. The number of benzene rings is 1. The van der Waals surface area contributed by atoms with Crippen molar-refractivity contribution in [3.05, 3.63) is 36.5 Å². The Morgan fingerprint density at radius 3 is 2.22 bits per heavy atom. The number of carbonyl (C=O) groups excluding carboxylic acids is 2. The molecule has 1 aliphatic heterocycles. The number of hydroxylamine groups is 2. The van der Waals surface area contributed by atoms with Gasteiger partial charge in [0, 0.05) is 30.1 Å². The number of carbonyl (C=O) groups is 3. The number of nitrogens with two attached hydrogens (primary N) is 2. The molecule has 2 aromatic rings. The van der Waals surface area contributed by atoms with Crippen LogP contribution in [0.4, 0.5) is 10.5 Å². The van der Waals surface area contributed by atoms with E-state index in [0.717, 1.165) is 16.6 Å². The number of fused-ring (bicyclic) bond motifs is 1. The molecule has 0 atom stereocenters. The van der Waals surface area contributed by atoms with Crippen molar-refractivity contribution >= 4 is 34.5 Å². The minimum Gasteiger partial charge on any atom is -0.465 e. The summed E-state index contributed by atoms with van der Waals surface area (Å²) >= 11 is 0. The van der Waals surface area contributed by atoms with Crippen LogP contribution in [0, 0.1) is 0 Å². The highest BCUT2D eigenvalue weighted by Crippen LogP contribution is 2.13. The van der Waals surface area contributed by atoms with E-state index in [4.69, 9.17) is 20.8 Å². The van der Waals surface area contributed by atoms with Gasteiger partial charge in [-0.25, -0.2) is 4.79 Å². The number of aromatic nitrogens is 1. The van der Waals surface area contributed by atoms with Crippen LogP contribution in [0.2, 0.25) is 0 Å². The van der Waals surface area contributed by atoms with E-state index in [2.05, 4.69) is 10.7 Å². The number of hydrogen-bond acceptors (Lipinski definition) is 6. The van der Waals surface area contributed by atoms with E-state index in [-0.39, 0.29) is 17.9 Å². The molecule has 9 heteroatoms. The van der Waals surface area contributed by atoms with Crippen molar-refractivity contribution in [1.82, 2.24) is 10.0 Å². The SMILES string of the molecule is NC(=O)O.Nc1ccc2ncccc2c1.O=C1CCC(=O)N1O. The zero-order chi connectivity index (χ0) is 17.4. The van der Waals surface area contributed by atoms with E-state index < -0.39 is 17.9 Å². The molecule has 0 bridgehead atoms. The van der Waals surface area contributed by atoms with Gasteiger partial charge in [0.05, 0.1) is 5.52 Å². The lowest BCUT2D eigenvalue weighted by atomic mass is 10.2. The molecule has 0 spiro atoms. The molecule has 122 valence electrons. The third-order valence-corrected chi connectivity index (χ3v) is 2.65. The van der Waals surface area contributed by atoms with Crippen LogP contribution in [0.1, 0.15) is 12.8 Å². The summed E-state index contributed by atoms with van der Waals surface area (Å²) in [6.45, 7) is 0. The van der Waals surface area contributed by atoms with Gasteiger partial charge in [0.1, 0.15) is 0 Å². The van der Waals surface area contributed by atoms with Crippen LogP contribution in [0.5, 0.6) is 0 Å². The van der Waals surface area contributed by atoms with E-state index >= 15 is 0 Å². The molecule has 1 fully saturated rings. The van der Waals surface area contributed by atoms with Gasteiger partial charge < -0.3 is 16.6 Å². The predicted octanol–water partition coefficient (Wildman–Crippen LogP) is 0.965. The Labute approximate surface area is 131 Å². The first kappa shape index (κ1) is 17.9. The van der Waals surface area contributed by atoms with Gasteiger partial charge in [-0.05, 0) is 24.3 Å². The molecule has 3 rings (SSSR count). The highest BCUT2D eigenvalue weighted by molar-refractivity contribution is 6.00. The first-order chi connectivity index (χ1) is 10.8. The number of nitrogen functional groups attached to an aromatic ring is 1. The van der Waals surface area contributed by atoms with Gasteiger partial charge in [0.25, 0.3) is 11.8 Å². The molecule has 23 heavy (non-hydrogen) atoms. The highest BCUT2D eigenvalue weighted by Gasteiger charge is 2.26. The van der Waals surface area contributed by atoms with Crippen molar-refractivity contribution in [2.75, 3.05) is 5.73 Å². The molecule has 6 N–H and O–H groups in total. The monoisotopic (exact) mass is 320 g/mol. The minimum absolute atomic E-state index is 0.148. The molecule has 9 nitrogen and oxygen atoms in total. The first-order valence-electron chi connectivity index (χ1n) is 6.44. The molecule has 0 unspecified atom stereocenters. The number of rotatable bonds is 0. The largest absolute Gasteiger partial charge is 0.465 e. The fourth-order valence-electron chi connectivity index (χ4n) is 1.66. The van der Waals surface area contributed by atoms with E-state index in [1.807, 2.05) is 30.3 Å². The number of hydrogen-bond donors (Lipinski definition) is 4. The lowest BCUT2D eigenvalue weighted by molar-refractivity contribution is -0.171. The van der Waals surface area contributed by atoms with Crippen LogP contribution in [-0.4, -0.2) is 38.3 Å². The summed E-state index contributed by atoms with van der Waals surface area (Å²) in [5.74, 6) is -1.01. The molecule has 1 saturated heterocycles. The van der Waals surface area contributed by atoms with Crippen molar-refractivity contribution in [2.45, 2.75) is 12.8 Å². The quantitative estimate of drug-likeness (QED) is 0.319. The van der Waals surface area contributed by atoms with Gasteiger partial charge in [-0.1, -0.05) is 6.07 Å². The smallest absolute Gasteiger partial charge is 0.402 e. The average molecular weight is 320 g/mol. The van der Waals surface area contributed by atoms with Crippen molar-refractivity contribution in [2.24, 2.45) is 5.73 Å². The van der Waals surface area contributed by atoms with Crippen LogP contribution in [0.25, 0.3) is 10.9 Å². The number of anilines is 1. The lowest BCUT2D eigenvalue weighted by Gasteiger charge is -1.98. The van der Waals surface area contributed by atoms with Crippen molar-refractivity contribution in [3.8, 4) is 0 Å². The van der Waals surface area contributed by atoms with Crippen molar-refractivity contribution in [1.29, 1.82) is 0 Å². The van der Waals surface area contributed by atoms with Crippen LogP contribution >= 0.6 is 0 Å². The Balaban J connectivity index is 0.000000194. The molecule has 0 saturated carbocycles. The fraction of sp³-hybridized carbons (Fsp3) is 0.143. The van der Waals surface area contributed by atoms with E-state index in [1.165, 1.54) is 0 Å². The Bertz CT molecular complexity index is 699. The summed E-state index contributed by atoms with van der Waals surface area (Å²) in [5, 5.41) is 16.9. The maximum atomic E-state index is 10.2. The van der Waals surface area contributed by atoms with Crippen molar-refractivity contribution < 1.29 is 24.7 Å². The van der Waals surface area contributed by atoms with Gasteiger partial charge in [0.2, 0.25) is 0 Å². The van der Waals surface area contributed by atoms with Gasteiger partial charge in [0.15, 0.2) is 0 Å². The zero-order valence-corrected chi connectivity index (χ0v) is 12.0. The van der Waals surface area contributed by atoms with E-state index in [0.29, 0.717) is 0 Å². The maximum Gasteiger partial charge on any atom is 0.402 e. The Kier molecular flexibility index (Phi) is 6.44. The number of primary amides is 1. The topological polar surface area (TPSA) is 160 Å². The molecule has 0 aliphatic carbocycles. The highest BCUT2D eigenvalue weighted by atomic mass is 16.5. The van der Waals surface area contributed by atoms with Crippen LogP contribution < -0.4 is 11.5 Å². The molecule has 1 aliphatic rings. The van der Waals surface area contributed by atoms with Gasteiger partial charge in [-0.3, -0.25) is 19.8 Å². The summed E-state index contributed by atoms with van der Waals surface area (Å²) in [7, 11) is 0. The summed E-state index contributed by atoms with van der Waals surface area (Å²) in [5.41, 5.74) is 11.4. The summed E-state index contributed by atoms with van der Waals surface area (Å²) in [4.78, 5) is 33.4. The summed E-state index contributed by atoms with van der Waals surface area (Å²) < 4.78 is 0. The van der Waals surface area contributed by atoms with Crippen LogP contribution in [0.15, 0.2) is 36.5 Å². The standard InChI is InChI=1S/C9H8N2.C4H5NO3.CH3NO2/c10-8-3-4-9-7(6-8)2-1-5-11-9;6-3-1-2-4(7)5(3)8;2-1(3)4/h1-6H,10H2;8H,1-2H2;2H2,(H,3,4). The number of carboxylic acid groups (broad SMARTS) is 1. The molecule has 3 amide bonds. The molecule has 1 aromatic carbocycles. The van der Waals surface area contributed by atoms with Crippen molar-refractivity contribution in [3.63, 3.8) is 0 Å². The van der Waals surface area contributed by atoms with Gasteiger partial charge >= 0.3 is 6.09 Å². The summed E-state index contributed by atoms with van der Waals surface area (Å²) in [6, 6.07) is 9.60. The van der Waals surface area contributed by atoms with Crippen LogP contribution in [0.3, 0.4) is 0 Å². The number of nitrogens with zero attached hydrogens (tertiary/aromatic N) is 2. The van der Waals surface area contributed by atoms with Gasteiger partial charge in [-0.2, -0.15) is 5.06 Å².